The largest absolute Gasteiger partial charge is 0.445 e. The lowest BCUT2D eigenvalue weighted by Crippen LogP contribution is -2.35. The fourth-order valence-corrected chi connectivity index (χ4v) is 1.99. The van der Waals surface area contributed by atoms with Gasteiger partial charge in [-0.05, 0) is 23.3 Å². The average molecular weight is 327 g/mol. The van der Waals surface area contributed by atoms with E-state index in [1.165, 1.54) is 18.3 Å². The molecule has 0 bridgehead atoms. The van der Waals surface area contributed by atoms with Gasteiger partial charge in [0.25, 0.3) is 0 Å². The molecule has 0 radical (unpaired) electrons. The lowest BCUT2D eigenvalue weighted by molar-refractivity contribution is 0.0183. The topological polar surface area (TPSA) is 115 Å². The van der Waals surface area contributed by atoms with Crippen molar-refractivity contribution in [2.75, 3.05) is 6.54 Å². The molecule has 3 N–H and O–H groups in total. The van der Waals surface area contributed by atoms with E-state index in [4.69, 9.17) is 10.00 Å². The summed E-state index contributed by atoms with van der Waals surface area (Å²) in [6, 6.07) is 13.9. The van der Waals surface area contributed by atoms with E-state index in [1.54, 1.807) is 0 Å². The van der Waals surface area contributed by atoms with E-state index in [0.717, 1.165) is 5.56 Å². The van der Waals surface area contributed by atoms with Gasteiger partial charge < -0.3 is 20.3 Å². The summed E-state index contributed by atoms with van der Waals surface area (Å²) in [5.74, 6) is 0. The maximum atomic E-state index is 11.6. The van der Waals surface area contributed by atoms with Crippen LogP contribution in [0.25, 0.3) is 0 Å². The van der Waals surface area contributed by atoms with Gasteiger partial charge >= 0.3 is 6.09 Å². The highest BCUT2D eigenvalue weighted by molar-refractivity contribution is 5.67. The number of nitrogens with one attached hydrogen (secondary N) is 1. The number of carbonyl (C=O) groups is 1. The maximum Gasteiger partial charge on any atom is 0.407 e. The molecule has 2 rings (SSSR count). The lowest BCUT2D eigenvalue weighted by atomic mass is 10.0. The summed E-state index contributed by atoms with van der Waals surface area (Å²) in [6.45, 7) is -0.0831. The molecule has 0 aliphatic rings. The highest BCUT2D eigenvalue weighted by Crippen LogP contribution is 2.16. The lowest BCUT2D eigenvalue weighted by Gasteiger charge is -2.18. The molecule has 2 atom stereocenters. The Morgan fingerprint density at radius 2 is 2.04 bits per heavy atom. The molecule has 0 saturated heterocycles. The van der Waals surface area contributed by atoms with Crippen molar-refractivity contribution in [3.05, 3.63) is 65.5 Å². The monoisotopic (exact) mass is 327 g/mol. The van der Waals surface area contributed by atoms with Crippen molar-refractivity contribution in [1.29, 1.82) is 5.26 Å². The van der Waals surface area contributed by atoms with Gasteiger partial charge in [-0.3, -0.25) is 0 Å². The zero-order valence-electron chi connectivity index (χ0n) is 12.8. The van der Waals surface area contributed by atoms with E-state index in [2.05, 4.69) is 10.3 Å². The van der Waals surface area contributed by atoms with Crippen LogP contribution in [0.4, 0.5) is 4.79 Å². The van der Waals surface area contributed by atoms with Gasteiger partial charge in [0.2, 0.25) is 0 Å². The molecule has 7 heteroatoms. The van der Waals surface area contributed by atoms with E-state index in [0.29, 0.717) is 5.56 Å². The van der Waals surface area contributed by atoms with Crippen molar-refractivity contribution in [3.8, 4) is 6.07 Å². The molecule has 0 saturated carbocycles. The zero-order chi connectivity index (χ0) is 17.4. The molecule has 2 aromatic rings. The molecule has 2 unspecified atom stereocenters. The number of aromatic nitrogens is 1. The van der Waals surface area contributed by atoms with Gasteiger partial charge in [-0.1, -0.05) is 30.3 Å². The van der Waals surface area contributed by atoms with Crippen LogP contribution in [0, 0.1) is 11.3 Å². The minimum atomic E-state index is -1.26. The molecule has 0 aliphatic carbocycles. The first-order valence-corrected chi connectivity index (χ1v) is 7.27. The molecular formula is C17H17N3O4. The van der Waals surface area contributed by atoms with Crippen LogP contribution in [0.2, 0.25) is 0 Å². The van der Waals surface area contributed by atoms with Crippen LogP contribution in [0.15, 0.2) is 48.7 Å². The van der Waals surface area contributed by atoms with E-state index in [1.807, 2.05) is 36.4 Å². The van der Waals surface area contributed by atoms with Crippen LogP contribution in [0.1, 0.15) is 22.9 Å². The van der Waals surface area contributed by atoms with Crippen LogP contribution in [-0.2, 0) is 11.3 Å². The Morgan fingerprint density at radius 1 is 1.29 bits per heavy atom. The molecule has 1 aromatic carbocycles. The third-order valence-corrected chi connectivity index (χ3v) is 3.27. The summed E-state index contributed by atoms with van der Waals surface area (Å²) in [5, 5.41) is 31.2. The first-order valence-electron chi connectivity index (χ1n) is 7.27. The van der Waals surface area contributed by atoms with Gasteiger partial charge in [0.05, 0.1) is 0 Å². The SMILES string of the molecule is N#Cc1cc(C(O)C(O)CNC(=O)OCc2ccccc2)ccn1. The van der Waals surface area contributed by atoms with Crippen molar-refractivity contribution >= 4 is 6.09 Å². The number of amides is 1. The summed E-state index contributed by atoms with van der Waals surface area (Å²) < 4.78 is 5.00. The molecule has 1 aromatic heterocycles. The number of nitriles is 1. The summed E-state index contributed by atoms with van der Waals surface area (Å²) in [4.78, 5) is 15.4. The third-order valence-electron chi connectivity index (χ3n) is 3.27. The minimum Gasteiger partial charge on any atom is -0.445 e. The number of alkyl carbamates (subject to hydrolysis) is 1. The Hall–Kier alpha value is -2.95. The molecule has 0 aliphatic heterocycles. The molecule has 7 nitrogen and oxygen atoms in total. The number of pyridine rings is 1. The van der Waals surface area contributed by atoms with Crippen molar-refractivity contribution < 1.29 is 19.7 Å². The number of benzene rings is 1. The summed E-state index contributed by atoms with van der Waals surface area (Å²) >= 11 is 0. The predicted octanol–water partition coefficient (Wildman–Crippen LogP) is 1.27. The zero-order valence-corrected chi connectivity index (χ0v) is 12.8. The van der Waals surface area contributed by atoms with Gasteiger partial charge in [-0.2, -0.15) is 5.26 Å². The number of ether oxygens (including phenoxy) is 1. The van der Waals surface area contributed by atoms with Crippen LogP contribution in [0.5, 0.6) is 0 Å². The smallest absolute Gasteiger partial charge is 0.407 e. The number of aliphatic hydroxyl groups excluding tert-OH is 2. The van der Waals surface area contributed by atoms with E-state index < -0.39 is 18.3 Å². The van der Waals surface area contributed by atoms with Crippen molar-refractivity contribution in [2.45, 2.75) is 18.8 Å². The Labute approximate surface area is 139 Å². The Balaban J connectivity index is 1.80. The van der Waals surface area contributed by atoms with E-state index in [9.17, 15) is 15.0 Å². The number of hydrogen-bond donors (Lipinski definition) is 3. The molecule has 24 heavy (non-hydrogen) atoms. The minimum absolute atomic E-state index is 0.112. The Kier molecular flexibility index (Phi) is 6.25. The van der Waals surface area contributed by atoms with Gasteiger partial charge in [0.15, 0.2) is 0 Å². The summed E-state index contributed by atoms with van der Waals surface area (Å²) in [5.41, 5.74) is 1.32. The number of rotatable bonds is 6. The number of nitrogens with zero attached hydrogens (tertiary/aromatic N) is 2. The first kappa shape index (κ1) is 17.4. The second-order valence-corrected chi connectivity index (χ2v) is 5.04. The summed E-state index contributed by atoms with van der Waals surface area (Å²) in [7, 11) is 0. The standard InChI is InChI=1S/C17H17N3O4/c18-9-14-8-13(6-7-19-14)16(22)15(21)10-20-17(23)24-11-12-4-2-1-3-5-12/h1-8,15-16,21-22H,10-11H2,(H,20,23). The highest BCUT2D eigenvalue weighted by Gasteiger charge is 2.20. The fourth-order valence-electron chi connectivity index (χ4n) is 1.99. The van der Waals surface area contributed by atoms with Crippen molar-refractivity contribution in [3.63, 3.8) is 0 Å². The van der Waals surface area contributed by atoms with Crippen LogP contribution in [0.3, 0.4) is 0 Å². The van der Waals surface area contributed by atoms with Crippen LogP contribution >= 0.6 is 0 Å². The van der Waals surface area contributed by atoms with E-state index >= 15 is 0 Å². The molecule has 1 amide bonds. The fraction of sp³-hybridized carbons (Fsp3) is 0.235. The maximum absolute atomic E-state index is 11.6. The predicted molar refractivity (Wildman–Crippen MR) is 84.5 cm³/mol. The quantitative estimate of drug-likeness (QED) is 0.736. The Morgan fingerprint density at radius 3 is 2.75 bits per heavy atom. The van der Waals surface area contributed by atoms with Crippen molar-refractivity contribution in [1.82, 2.24) is 10.3 Å². The van der Waals surface area contributed by atoms with Crippen LogP contribution < -0.4 is 5.32 Å². The second-order valence-electron chi connectivity index (χ2n) is 5.04. The van der Waals surface area contributed by atoms with Crippen molar-refractivity contribution in [2.24, 2.45) is 0 Å². The summed E-state index contributed by atoms with van der Waals surface area (Å²) in [6.07, 6.45) is -1.83. The number of hydrogen-bond acceptors (Lipinski definition) is 6. The third kappa shape index (κ3) is 5.05. The molecule has 1 heterocycles. The molecule has 124 valence electrons. The normalized spacial score (nSPS) is 12.7. The van der Waals surface area contributed by atoms with E-state index in [-0.39, 0.29) is 18.8 Å². The van der Waals surface area contributed by atoms with Gasteiger partial charge in [-0.25, -0.2) is 9.78 Å². The number of aliphatic hydroxyl groups is 2. The highest BCUT2D eigenvalue weighted by atomic mass is 16.5. The van der Waals surface area contributed by atoms with Gasteiger partial charge in [0.1, 0.15) is 30.6 Å². The molecule has 0 fully saturated rings. The van der Waals surface area contributed by atoms with Gasteiger partial charge in [0, 0.05) is 12.7 Å². The first-order chi connectivity index (χ1) is 11.6. The number of carbonyl (C=O) groups excluding carboxylic acids is 1. The Bertz CT molecular complexity index is 715. The second kappa shape index (κ2) is 8.62. The average Bonchev–Trinajstić information content (AvgIpc) is 2.64. The molecule has 0 spiro atoms. The van der Waals surface area contributed by atoms with Gasteiger partial charge in [-0.15, -0.1) is 0 Å². The molecular weight excluding hydrogens is 310 g/mol. The van der Waals surface area contributed by atoms with Crippen LogP contribution in [-0.4, -0.2) is 33.9 Å².